The maximum atomic E-state index is 5.14. The zero-order valence-corrected chi connectivity index (χ0v) is 8.92. The van der Waals surface area contributed by atoms with E-state index in [4.69, 9.17) is 4.74 Å². The van der Waals surface area contributed by atoms with Crippen LogP contribution in [0.2, 0.25) is 0 Å². The SMILES string of the molecule is COc1ccc(C2=CC3(CNC3)C2)cc1. The molecule has 0 bridgehead atoms. The zero-order chi connectivity index (χ0) is 10.3. The molecule has 0 saturated carbocycles. The number of hydrogen-bond donors (Lipinski definition) is 1. The summed E-state index contributed by atoms with van der Waals surface area (Å²) < 4.78 is 5.14. The van der Waals surface area contributed by atoms with Crippen molar-refractivity contribution < 1.29 is 4.74 Å². The monoisotopic (exact) mass is 201 g/mol. The number of hydrogen-bond acceptors (Lipinski definition) is 2. The first-order chi connectivity index (χ1) is 7.31. The summed E-state index contributed by atoms with van der Waals surface area (Å²) in [5, 5.41) is 3.33. The van der Waals surface area contributed by atoms with Crippen LogP contribution in [0.4, 0.5) is 0 Å². The van der Waals surface area contributed by atoms with E-state index < -0.39 is 0 Å². The van der Waals surface area contributed by atoms with Crippen molar-refractivity contribution in [3.63, 3.8) is 0 Å². The first kappa shape index (κ1) is 8.98. The number of allylic oxidation sites excluding steroid dienone is 1. The van der Waals surface area contributed by atoms with Crippen LogP contribution in [0.25, 0.3) is 5.57 Å². The molecule has 2 nitrogen and oxygen atoms in total. The summed E-state index contributed by atoms with van der Waals surface area (Å²) in [7, 11) is 1.70. The molecule has 1 spiro atoms. The van der Waals surface area contributed by atoms with Gasteiger partial charge in [0.25, 0.3) is 0 Å². The summed E-state index contributed by atoms with van der Waals surface area (Å²) in [5.41, 5.74) is 3.34. The van der Waals surface area contributed by atoms with E-state index in [1.54, 1.807) is 7.11 Å². The van der Waals surface area contributed by atoms with Crippen LogP contribution in [0.3, 0.4) is 0 Å². The zero-order valence-electron chi connectivity index (χ0n) is 8.92. The third kappa shape index (κ3) is 1.37. The van der Waals surface area contributed by atoms with Crippen LogP contribution in [0, 0.1) is 5.41 Å². The van der Waals surface area contributed by atoms with Crippen molar-refractivity contribution in [2.75, 3.05) is 20.2 Å². The lowest BCUT2D eigenvalue weighted by atomic mass is 9.65. The topological polar surface area (TPSA) is 21.3 Å². The van der Waals surface area contributed by atoms with E-state index in [0.717, 1.165) is 18.8 Å². The Kier molecular flexibility index (Phi) is 1.86. The quantitative estimate of drug-likeness (QED) is 0.791. The molecule has 0 amide bonds. The van der Waals surface area contributed by atoms with Gasteiger partial charge in [-0.2, -0.15) is 0 Å². The van der Waals surface area contributed by atoms with Gasteiger partial charge in [0.15, 0.2) is 0 Å². The largest absolute Gasteiger partial charge is 0.497 e. The summed E-state index contributed by atoms with van der Waals surface area (Å²) in [5.74, 6) is 0.929. The average molecular weight is 201 g/mol. The van der Waals surface area contributed by atoms with E-state index in [9.17, 15) is 0 Å². The second-order valence-electron chi connectivity index (χ2n) is 4.54. The molecule has 0 radical (unpaired) electrons. The molecule has 78 valence electrons. The standard InChI is InChI=1S/C13H15NO/c1-15-12-4-2-10(3-5-12)11-6-13(7-11)8-14-9-13/h2-6,14H,7-9H2,1H3. The molecule has 1 N–H and O–H groups in total. The molecule has 0 unspecified atom stereocenters. The van der Waals surface area contributed by atoms with Crippen molar-refractivity contribution in [3.8, 4) is 5.75 Å². The minimum absolute atomic E-state index is 0.509. The Hall–Kier alpha value is -1.28. The smallest absolute Gasteiger partial charge is 0.118 e. The van der Waals surface area contributed by atoms with E-state index in [2.05, 4.69) is 23.5 Å². The maximum Gasteiger partial charge on any atom is 0.118 e. The number of methoxy groups -OCH3 is 1. The van der Waals surface area contributed by atoms with Gasteiger partial charge in [-0.3, -0.25) is 0 Å². The summed E-state index contributed by atoms with van der Waals surface area (Å²) >= 11 is 0. The summed E-state index contributed by atoms with van der Waals surface area (Å²) in [4.78, 5) is 0. The summed E-state index contributed by atoms with van der Waals surface area (Å²) in [6.07, 6.45) is 3.65. The Morgan fingerprint density at radius 3 is 2.33 bits per heavy atom. The van der Waals surface area contributed by atoms with Gasteiger partial charge in [-0.25, -0.2) is 0 Å². The Morgan fingerprint density at radius 1 is 1.20 bits per heavy atom. The normalized spacial score (nSPS) is 21.5. The van der Waals surface area contributed by atoms with E-state index in [-0.39, 0.29) is 0 Å². The minimum atomic E-state index is 0.509. The fourth-order valence-electron chi connectivity index (χ4n) is 2.38. The fourth-order valence-corrected chi connectivity index (χ4v) is 2.38. The Balaban J connectivity index is 1.80. The second-order valence-corrected chi connectivity index (χ2v) is 4.54. The molecule has 2 aliphatic rings. The van der Waals surface area contributed by atoms with Gasteiger partial charge < -0.3 is 10.1 Å². The third-order valence-corrected chi connectivity index (χ3v) is 3.44. The van der Waals surface area contributed by atoms with Gasteiger partial charge in [-0.05, 0) is 29.7 Å². The molecule has 2 heteroatoms. The molecule has 3 rings (SSSR count). The van der Waals surface area contributed by atoms with Gasteiger partial charge in [-0.15, -0.1) is 0 Å². The Labute approximate surface area is 89.9 Å². The highest BCUT2D eigenvalue weighted by atomic mass is 16.5. The van der Waals surface area contributed by atoms with Crippen LogP contribution in [0.15, 0.2) is 30.3 Å². The maximum absolute atomic E-state index is 5.14. The molecule has 0 atom stereocenters. The minimum Gasteiger partial charge on any atom is -0.497 e. The van der Waals surface area contributed by atoms with Crippen molar-refractivity contribution in [3.05, 3.63) is 35.9 Å². The number of rotatable bonds is 2. The summed E-state index contributed by atoms with van der Waals surface area (Å²) in [6.45, 7) is 2.32. The third-order valence-electron chi connectivity index (χ3n) is 3.44. The Bertz CT molecular complexity index is 401. The molecule has 1 aliphatic heterocycles. The first-order valence-electron chi connectivity index (χ1n) is 5.38. The van der Waals surface area contributed by atoms with Crippen molar-refractivity contribution in [2.45, 2.75) is 6.42 Å². The molecule has 15 heavy (non-hydrogen) atoms. The van der Waals surface area contributed by atoms with Gasteiger partial charge in [0.2, 0.25) is 0 Å². The molecule has 1 aromatic carbocycles. The van der Waals surface area contributed by atoms with Crippen molar-refractivity contribution in [1.29, 1.82) is 0 Å². The van der Waals surface area contributed by atoms with E-state index in [1.165, 1.54) is 17.6 Å². The highest BCUT2D eigenvalue weighted by Crippen LogP contribution is 2.46. The van der Waals surface area contributed by atoms with Crippen LogP contribution < -0.4 is 10.1 Å². The molecular weight excluding hydrogens is 186 g/mol. The van der Waals surface area contributed by atoms with Gasteiger partial charge in [0.05, 0.1) is 7.11 Å². The van der Waals surface area contributed by atoms with E-state index >= 15 is 0 Å². The number of ether oxygens (including phenoxy) is 1. The van der Waals surface area contributed by atoms with Crippen molar-refractivity contribution in [1.82, 2.24) is 5.32 Å². The summed E-state index contributed by atoms with van der Waals surface area (Å²) in [6, 6.07) is 8.34. The predicted molar refractivity (Wildman–Crippen MR) is 60.9 cm³/mol. The fraction of sp³-hybridized carbons (Fsp3) is 0.385. The average Bonchev–Trinajstić information content (AvgIpc) is 2.14. The van der Waals surface area contributed by atoms with Crippen molar-refractivity contribution in [2.24, 2.45) is 5.41 Å². The lowest BCUT2D eigenvalue weighted by molar-refractivity contribution is 0.225. The van der Waals surface area contributed by atoms with Gasteiger partial charge in [0.1, 0.15) is 5.75 Å². The second kappa shape index (κ2) is 3.11. The first-order valence-corrected chi connectivity index (χ1v) is 5.38. The highest BCUT2D eigenvalue weighted by molar-refractivity contribution is 5.73. The molecule has 1 heterocycles. The van der Waals surface area contributed by atoms with Crippen LogP contribution in [0.1, 0.15) is 12.0 Å². The van der Waals surface area contributed by atoms with Crippen LogP contribution in [0.5, 0.6) is 5.75 Å². The molecule has 1 aromatic rings. The highest BCUT2D eigenvalue weighted by Gasteiger charge is 2.42. The van der Waals surface area contributed by atoms with Gasteiger partial charge >= 0.3 is 0 Å². The van der Waals surface area contributed by atoms with Gasteiger partial charge in [0, 0.05) is 18.5 Å². The molecule has 0 aromatic heterocycles. The van der Waals surface area contributed by atoms with Crippen molar-refractivity contribution >= 4 is 5.57 Å². The van der Waals surface area contributed by atoms with Crippen LogP contribution >= 0.6 is 0 Å². The molecule has 1 saturated heterocycles. The van der Waals surface area contributed by atoms with E-state index in [1.807, 2.05) is 12.1 Å². The van der Waals surface area contributed by atoms with Gasteiger partial charge in [-0.1, -0.05) is 18.2 Å². The number of benzene rings is 1. The molecule has 1 aliphatic carbocycles. The lowest BCUT2D eigenvalue weighted by Gasteiger charge is -2.48. The van der Waals surface area contributed by atoms with E-state index in [0.29, 0.717) is 5.41 Å². The van der Waals surface area contributed by atoms with Crippen LogP contribution in [-0.4, -0.2) is 20.2 Å². The molecular formula is C13H15NO. The number of nitrogens with one attached hydrogen (secondary N) is 1. The van der Waals surface area contributed by atoms with Crippen LogP contribution in [-0.2, 0) is 0 Å². The Morgan fingerprint density at radius 2 is 1.87 bits per heavy atom. The predicted octanol–water partition coefficient (Wildman–Crippen LogP) is 2.07. The lowest BCUT2D eigenvalue weighted by Crippen LogP contribution is -2.55. The molecule has 1 fully saturated rings.